The third-order valence-electron chi connectivity index (χ3n) is 2.14. The van der Waals surface area contributed by atoms with Gasteiger partial charge in [-0.15, -0.1) is 6.42 Å². The van der Waals surface area contributed by atoms with Crippen LogP contribution in [0.25, 0.3) is 0 Å². The number of nitrogens with zero attached hydrogens (tertiary/aromatic N) is 3. The van der Waals surface area contributed by atoms with Crippen molar-refractivity contribution >= 4 is 5.84 Å². The van der Waals surface area contributed by atoms with E-state index >= 15 is 0 Å². The third kappa shape index (κ3) is 5.07. The van der Waals surface area contributed by atoms with E-state index in [1.807, 2.05) is 13.8 Å². The Morgan fingerprint density at radius 1 is 1.62 bits per heavy atom. The molecule has 0 aliphatic heterocycles. The van der Waals surface area contributed by atoms with E-state index in [2.05, 4.69) is 17.1 Å². The second-order valence-electron chi connectivity index (χ2n) is 3.60. The predicted molar refractivity (Wildman–Crippen MR) is 66.5 cm³/mol. The Morgan fingerprint density at radius 2 is 2.25 bits per heavy atom. The standard InChI is InChI=1S/C12H18N4/c1-5-11(8-12(14)15-4)6-7-16(9-13)10(2)3/h1,8,10H,6-7H2,2-4H3,(H2,14,15)/b11-8+. The van der Waals surface area contributed by atoms with Crippen molar-refractivity contribution in [2.45, 2.75) is 26.3 Å². The normalized spacial score (nSPS) is 12.1. The van der Waals surface area contributed by atoms with Crippen molar-refractivity contribution < 1.29 is 0 Å². The van der Waals surface area contributed by atoms with E-state index < -0.39 is 0 Å². The fourth-order valence-electron chi connectivity index (χ4n) is 1.09. The SMILES string of the molecule is C#C/C(=C\C(N)=N/C)CCN(C#N)C(C)C. The van der Waals surface area contributed by atoms with Gasteiger partial charge in [-0.05, 0) is 26.3 Å². The van der Waals surface area contributed by atoms with Crippen LogP contribution in [0, 0.1) is 23.8 Å². The molecule has 0 aromatic carbocycles. The molecule has 0 bridgehead atoms. The Bertz CT molecular complexity index is 352. The Balaban J connectivity index is 4.44. The van der Waals surface area contributed by atoms with Crippen LogP contribution < -0.4 is 5.73 Å². The minimum atomic E-state index is 0.182. The quantitative estimate of drug-likeness (QED) is 0.247. The summed E-state index contributed by atoms with van der Waals surface area (Å²) >= 11 is 0. The highest BCUT2D eigenvalue weighted by molar-refractivity contribution is 5.92. The number of hydrogen-bond donors (Lipinski definition) is 1. The zero-order valence-electron chi connectivity index (χ0n) is 10.1. The van der Waals surface area contributed by atoms with Crippen LogP contribution in [-0.4, -0.2) is 30.4 Å². The van der Waals surface area contributed by atoms with Gasteiger partial charge in [0.25, 0.3) is 0 Å². The van der Waals surface area contributed by atoms with Gasteiger partial charge in [0.05, 0.1) is 0 Å². The lowest BCUT2D eigenvalue weighted by Crippen LogP contribution is -2.27. The van der Waals surface area contributed by atoms with E-state index in [4.69, 9.17) is 17.4 Å². The molecule has 4 heteroatoms. The summed E-state index contributed by atoms with van der Waals surface area (Å²) < 4.78 is 0. The second kappa shape index (κ2) is 7.36. The van der Waals surface area contributed by atoms with Gasteiger partial charge in [-0.1, -0.05) is 5.92 Å². The summed E-state index contributed by atoms with van der Waals surface area (Å²) in [7, 11) is 1.61. The molecule has 0 aromatic rings. The molecule has 16 heavy (non-hydrogen) atoms. The van der Waals surface area contributed by atoms with Gasteiger partial charge >= 0.3 is 0 Å². The molecule has 0 rings (SSSR count). The summed E-state index contributed by atoms with van der Waals surface area (Å²) in [5.41, 5.74) is 6.30. The fraction of sp³-hybridized carbons (Fsp3) is 0.500. The van der Waals surface area contributed by atoms with E-state index in [1.165, 1.54) is 0 Å². The lowest BCUT2D eigenvalue weighted by atomic mass is 10.1. The summed E-state index contributed by atoms with van der Waals surface area (Å²) in [5.74, 6) is 2.95. The lowest BCUT2D eigenvalue weighted by Gasteiger charge is -2.19. The molecule has 0 aliphatic carbocycles. The zero-order valence-corrected chi connectivity index (χ0v) is 10.1. The molecule has 0 aliphatic rings. The Labute approximate surface area is 97.5 Å². The van der Waals surface area contributed by atoms with Crippen molar-refractivity contribution in [3.8, 4) is 18.5 Å². The summed E-state index contributed by atoms with van der Waals surface area (Å²) in [6.45, 7) is 4.52. The average Bonchev–Trinajstić information content (AvgIpc) is 2.27. The van der Waals surface area contributed by atoms with Gasteiger partial charge in [0, 0.05) is 25.2 Å². The number of hydrogen-bond acceptors (Lipinski definition) is 3. The molecule has 4 nitrogen and oxygen atoms in total. The van der Waals surface area contributed by atoms with Gasteiger partial charge in [-0.25, -0.2) is 0 Å². The largest absolute Gasteiger partial charge is 0.384 e. The van der Waals surface area contributed by atoms with Crippen LogP contribution in [0.2, 0.25) is 0 Å². The van der Waals surface area contributed by atoms with Crippen molar-refractivity contribution in [1.29, 1.82) is 5.26 Å². The maximum absolute atomic E-state index is 8.87. The number of nitrogens with two attached hydrogens (primary N) is 1. The van der Waals surface area contributed by atoms with Crippen LogP contribution in [-0.2, 0) is 0 Å². The fourth-order valence-corrected chi connectivity index (χ4v) is 1.09. The number of terminal acetylenes is 1. The lowest BCUT2D eigenvalue weighted by molar-refractivity contribution is 0.330. The molecule has 0 unspecified atom stereocenters. The van der Waals surface area contributed by atoms with E-state index in [9.17, 15) is 0 Å². The van der Waals surface area contributed by atoms with E-state index in [0.29, 0.717) is 18.8 Å². The Morgan fingerprint density at radius 3 is 2.62 bits per heavy atom. The monoisotopic (exact) mass is 218 g/mol. The molecule has 0 fully saturated rings. The number of amidine groups is 1. The van der Waals surface area contributed by atoms with Crippen LogP contribution in [0.15, 0.2) is 16.6 Å². The van der Waals surface area contributed by atoms with Crippen LogP contribution in [0.5, 0.6) is 0 Å². The zero-order chi connectivity index (χ0) is 12.6. The molecule has 0 saturated heterocycles. The summed E-state index contributed by atoms with van der Waals surface area (Å²) in [4.78, 5) is 5.47. The van der Waals surface area contributed by atoms with Gasteiger partial charge in [-0.3, -0.25) is 4.99 Å². The van der Waals surface area contributed by atoms with Crippen molar-refractivity contribution in [2.75, 3.05) is 13.6 Å². The van der Waals surface area contributed by atoms with Crippen molar-refractivity contribution in [2.24, 2.45) is 10.7 Å². The van der Waals surface area contributed by atoms with Crippen LogP contribution in [0.1, 0.15) is 20.3 Å². The summed E-state index contributed by atoms with van der Waals surface area (Å²) in [6.07, 6.45) is 9.76. The van der Waals surface area contributed by atoms with Gasteiger partial charge in [0.15, 0.2) is 6.19 Å². The van der Waals surface area contributed by atoms with Gasteiger partial charge in [0.1, 0.15) is 5.84 Å². The molecule has 0 amide bonds. The van der Waals surface area contributed by atoms with Crippen molar-refractivity contribution in [1.82, 2.24) is 4.90 Å². The first kappa shape index (κ1) is 14.1. The minimum absolute atomic E-state index is 0.182. The number of aliphatic imine (C=N–C) groups is 1. The highest BCUT2D eigenvalue weighted by Gasteiger charge is 2.06. The molecule has 0 atom stereocenters. The van der Waals surface area contributed by atoms with E-state index in [-0.39, 0.29) is 6.04 Å². The second-order valence-corrected chi connectivity index (χ2v) is 3.60. The van der Waals surface area contributed by atoms with Crippen LogP contribution >= 0.6 is 0 Å². The molecular weight excluding hydrogens is 200 g/mol. The van der Waals surface area contributed by atoms with Crippen LogP contribution in [0.4, 0.5) is 0 Å². The minimum Gasteiger partial charge on any atom is -0.384 e. The van der Waals surface area contributed by atoms with Gasteiger partial charge < -0.3 is 10.6 Å². The highest BCUT2D eigenvalue weighted by Crippen LogP contribution is 2.04. The first-order valence-electron chi connectivity index (χ1n) is 5.11. The molecule has 0 radical (unpaired) electrons. The highest BCUT2D eigenvalue weighted by atomic mass is 15.1. The maximum atomic E-state index is 8.87. The summed E-state index contributed by atoms with van der Waals surface area (Å²) in [5, 5.41) is 8.87. The third-order valence-corrected chi connectivity index (χ3v) is 2.14. The predicted octanol–water partition coefficient (Wildman–Crippen LogP) is 1.11. The number of nitriles is 1. The molecule has 0 spiro atoms. The van der Waals surface area contributed by atoms with E-state index in [1.54, 1.807) is 18.0 Å². The van der Waals surface area contributed by atoms with Gasteiger partial charge in [-0.2, -0.15) is 5.26 Å². The maximum Gasteiger partial charge on any atom is 0.179 e. The Kier molecular flexibility index (Phi) is 6.47. The molecule has 86 valence electrons. The average molecular weight is 218 g/mol. The molecule has 2 N–H and O–H groups in total. The van der Waals surface area contributed by atoms with Gasteiger partial charge in [0.2, 0.25) is 0 Å². The molecule has 0 aromatic heterocycles. The molecule has 0 saturated carbocycles. The van der Waals surface area contributed by atoms with Crippen LogP contribution in [0.3, 0.4) is 0 Å². The molecular formula is C12H18N4. The number of rotatable bonds is 5. The first-order chi connectivity index (χ1) is 7.54. The van der Waals surface area contributed by atoms with Crippen molar-refractivity contribution in [3.05, 3.63) is 11.6 Å². The summed E-state index contributed by atoms with van der Waals surface area (Å²) in [6, 6.07) is 0.182. The van der Waals surface area contributed by atoms with Crippen molar-refractivity contribution in [3.63, 3.8) is 0 Å². The van der Waals surface area contributed by atoms with E-state index in [0.717, 1.165) is 5.57 Å². The Hall–Kier alpha value is -1.94. The smallest absolute Gasteiger partial charge is 0.179 e. The molecule has 0 heterocycles. The first-order valence-corrected chi connectivity index (χ1v) is 5.11. The topological polar surface area (TPSA) is 65.4 Å².